The van der Waals surface area contributed by atoms with Gasteiger partial charge in [-0.2, -0.15) is 0 Å². The highest BCUT2D eigenvalue weighted by Gasteiger charge is 2.28. The zero-order chi connectivity index (χ0) is 20.1. The van der Waals surface area contributed by atoms with Crippen molar-refractivity contribution in [3.05, 3.63) is 53.6 Å². The Morgan fingerprint density at radius 3 is 2.43 bits per heavy atom. The number of aliphatic hydroxyl groups is 1. The predicted molar refractivity (Wildman–Crippen MR) is 116 cm³/mol. The normalized spacial score (nSPS) is 16.1. The van der Waals surface area contributed by atoms with Crippen LogP contribution in [0.3, 0.4) is 0 Å². The van der Waals surface area contributed by atoms with E-state index in [0.29, 0.717) is 5.02 Å². The average molecular weight is 401 g/mol. The minimum absolute atomic E-state index is 0.0308. The molecule has 0 unspecified atom stereocenters. The molecule has 1 fully saturated rings. The first-order valence-electron chi connectivity index (χ1n) is 9.86. The molecule has 150 valence electrons. The Hall–Kier alpha value is -1.88. The van der Waals surface area contributed by atoms with Crippen LogP contribution in [0.4, 0.5) is 5.69 Å². The molecule has 1 heterocycles. The number of likely N-dealkylation sites (tertiary alicyclic amines) is 1. The van der Waals surface area contributed by atoms with Crippen LogP contribution in [0.5, 0.6) is 0 Å². The molecule has 0 atom stereocenters. The number of halogens is 1. The van der Waals surface area contributed by atoms with Gasteiger partial charge < -0.3 is 15.3 Å². The van der Waals surface area contributed by atoms with Crippen LogP contribution in [0, 0.1) is 11.3 Å². The van der Waals surface area contributed by atoms with Crippen molar-refractivity contribution in [1.82, 2.24) is 4.90 Å². The number of piperidine rings is 1. The molecule has 0 radical (unpaired) electrons. The molecule has 0 spiro atoms. The molecule has 0 aromatic heterocycles. The van der Waals surface area contributed by atoms with Crippen LogP contribution in [0.1, 0.15) is 26.7 Å². The van der Waals surface area contributed by atoms with Gasteiger partial charge in [0.2, 0.25) is 5.91 Å². The number of nitrogens with zero attached hydrogens (tertiary/aromatic N) is 1. The Balaban J connectivity index is 1.58. The van der Waals surface area contributed by atoms with Crippen LogP contribution < -0.4 is 5.32 Å². The monoisotopic (exact) mass is 400 g/mol. The SMILES string of the molecule is CC(C)(CO)CN1CCC(C(=O)Nc2cccc(-c3cccc(Cl)c3)c2)CC1. The van der Waals surface area contributed by atoms with Crippen LogP contribution in [-0.2, 0) is 4.79 Å². The molecular weight excluding hydrogens is 372 g/mol. The van der Waals surface area contributed by atoms with Gasteiger partial charge in [0.05, 0.1) is 0 Å². The van der Waals surface area contributed by atoms with Gasteiger partial charge >= 0.3 is 0 Å². The topological polar surface area (TPSA) is 52.6 Å². The summed E-state index contributed by atoms with van der Waals surface area (Å²) in [5.74, 6) is 0.118. The highest BCUT2D eigenvalue weighted by molar-refractivity contribution is 6.30. The van der Waals surface area contributed by atoms with Crippen molar-refractivity contribution in [3.63, 3.8) is 0 Å². The molecule has 1 aliphatic heterocycles. The first kappa shape index (κ1) is 20.8. The lowest BCUT2D eigenvalue weighted by Gasteiger charge is -2.36. The van der Waals surface area contributed by atoms with Crippen molar-refractivity contribution in [3.8, 4) is 11.1 Å². The second-order valence-electron chi connectivity index (χ2n) is 8.45. The Labute approximate surface area is 172 Å². The standard InChI is InChI=1S/C23H29ClN2O2/c1-23(2,16-27)15-26-11-9-17(10-12-26)22(28)25-21-8-4-6-19(14-21)18-5-3-7-20(24)13-18/h3-8,13-14,17,27H,9-12,15-16H2,1-2H3,(H,25,28). The number of rotatable bonds is 6. The van der Waals surface area contributed by atoms with E-state index in [0.717, 1.165) is 49.3 Å². The lowest BCUT2D eigenvalue weighted by Crippen LogP contribution is -2.43. The van der Waals surface area contributed by atoms with Crippen molar-refractivity contribution >= 4 is 23.2 Å². The number of hydrogen-bond acceptors (Lipinski definition) is 3. The van der Waals surface area contributed by atoms with Gasteiger partial charge in [0.1, 0.15) is 0 Å². The van der Waals surface area contributed by atoms with Gasteiger partial charge in [-0.15, -0.1) is 0 Å². The van der Waals surface area contributed by atoms with E-state index in [1.807, 2.05) is 48.5 Å². The number of aliphatic hydroxyl groups excluding tert-OH is 1. The summed E-state index contributed by atoms with van der Waals surface area (Å²) in [5, 5.41) is 13.2. The van der Waals surface area contributed by atoms with Crippen LogP contribution in [0.2, 0.25) is 5.02 Å². The molecule has 5 heteroatoms. The lowest BCUT2D eigenvalue weighted by molar-refractivity contribution is -0.121. The third-order valence-electron chi connectivity index (χ3n) is 5.33. The summed E-state index contributed by atoms with van der Waals surface area (Å²) in [6.45, 7) is 6.96. The molecule has 0 aliphatic carbocycles. The minimum Gasteiger partial charge on any atom is -0.396 e. The number of carbonyl (C=O) groups is 1. The van der Waals surface area contributed by atoms with Crippen molar-refractivity contribution in [2.24, 2.45) is 11.3 Å². The van der Waals surface area contributed by atoms with Gasteiger partial charge in [0.25, 0.3) is 0 Å². The van der Waals surface area contributed by atoms with Gasteiger partial charge in [0.15, 0.2) is 0 Å². The van der Waals surface area contributed by atoms with Crippen LogP contribution in [0.15, 0.2) is 48.5 Å². The van der Waals surface area contributed by atoms with Crippen LogP contribution >= 0.6 is 11.6 Å². The number of anilines is 1. The highest BCUT2D eigenvalue weighted by atomic mass is 35.5. The third kappa shape index (κ3) is 5.57. The van der Waals surface area contributed by atoms with E-state index < -0.39 is 0 Å². The zero-order valence-electron chi connectivity index (χ0n) is 16.6. The van der Waals surface area contributed by atoms with Crippen LogP contribution in [0.25, 0.3) is 11.1 Å². The summed E-state index contributed by atoms with van der Waals surface area (Å²) in [4.78, 5) is 15.1. The van der Waals surface area contributed by atoms with E-state index in [1.165, 1.54) is 0 Å². The zero-order valence-corrected chi connectivity index (χ0v) is 17.4. The van der Waals surface area contributed by atoms with Gasteiger partial charge in [-0.1, -0.05) is 49.7 Å². The maximum absolute atomic E-state index is 12.7. The van der Waals surface area contributed by atoms with Gasteiger partial charge in [-0.05, 0) is 61.3 Å². The molecule has 0 saturated carbocycles. The van der Waals surface area contributed by atoms with E-state index in [-0.39, 0.29) is 23.8 Å². The second-order valence-corrected chi connectivity index (χ2v) is 8.89. The number of nitrogens with one attached hydrogen (secondary N) is 1. The Morgan fingerprint density at radius 1 is 1.14 bits per heavy atom. The fraction of sp³-hybridized carbons (Fsp3) is 0.435. The van der Waals surface area contributed by atoms with Crippen molar-refractivity contribution in [2.45, 2.75) is 26.7 Å². The van der Waals surface area contributed by atoms with Crippen molar-refractivity contribution in [2.75, 3.05) is 31.6 Å². The molecule has 1 aliphatic rings. The molecule has 0 bridgehead atoms. The fourth-order valence-corrected chi connectivity index (χ4v) is 3.89. The molecular formula is C23H29ClN2O2. The van der Waals surface area contributed by atoms with E-state index in [1.54, 1.807) is 0 Å². The molecule has 2 N–H and O–H groups in total. The number of carbonyl (C=O) groups excluding carboxylic acids is 1. The van der Waals surface area contributed by atoms with E-state index in [2.05, 4.69) is 24.1 Å². The molecule has 2 aromatic carbocycles. The van der Waals surface area contributed by atoms with E-state index in [9.17, 15) is 9.90 Å². The smallest absolute Gasteiger partial charge is 0.227 e. The Bertz CT molecular complexity index is 814. The molecule has 1 amide bonds. The summed E-state index contributed by atoms with van der Waals surface area (Å²) in [7, 11) is 0. The van der Waals surface area contributed by atoms with Crippen molar-refractivity contribution < 1.29 is 9.90 Å². The highest BCUT2D eigenvalue weighted by Crippen LogP contribution is 2.27. The minimum atomic E-state index is -0.101. The third-order valence-corrected chi connectivity index (χ3v) is 5.56. The Kier molecular flexibility index (Phi) is 6.76. The van der Waals surface area contributed by atoms with Gasteiger partial charge in [-0.3, -0.25) is 4.79 Å². The largest absolute Gasteiger partial charge is 0.396 e. The molecule has 4 nitrogen and oxygen atoms in total. The number of benzene rings is 2. The lowest BCUT2D eigenvalue weighted by atomic mass is 9.90. The first-order chi connectivity index (χ1) is 13.4. The predicted octanol–water partition coefficient (Wildman–Crippen LogP) is 4.68. The maximum atomic E-state index is 12.7. The summed E-state index contributed by atoms with van der Waals surface area (Å²) >= 11 is 6.09. The fourth-order valence-electron chi connectivity index (χ4n) is 3.70. The molecule has 28 heavy (non-hydrogen) atoms. The average Bonchev–Trinajstić information content (AvgIpc) is 2.68. The van der Waals surface area contributed by atoms with E-state index in [4.69, 9.17) is 11.6 Å². The second kappa shape index (κ2) is 9.08. The molecule has 2 aromatic rings. The summed E-state index contributed by atoms with van der Waals surface area (Å²) in [6, 6.07) is 15.6. The Morgan fingerprint density at radius 2 is 1.79 bits per heavy atom. The number of amides is 1. The maximum Gasteiger partial charge on any atom is 0.227 e. The first-order valence-corrected chi connectivity index (χ1v) is 10.2. The number of hydrogen-bond donors (Lipinski definition) is 2. The summed E-state index contributed by atoms with van der Waals surface area (Å²) < 4.78 is 0. The summed E-state index contributed by atoms with van der Waals surface area (Å²) in [6.07, 6.45) is 1.70. The van der Waals surface area contributed by atoms with Crippen LogP contribution in [-0.4, -0.2) is 42.2 Å². The van der Waals surface area contributed by atoms with E-state index >= 15 is 0 Å². The van der Waals surface area contributed by atoms with Gasteiger partial charge in [0, 0.05) is 35.2 Å². The van der Waals surface area contributed by atoms with Gasteiger partial charge in [-0.25, -0.2) is 0 Å². The molecule has 1 saturated heterocycles. The van der Waals surface area contributed by atoms with Crippen molar-refractivity contribution in [1.29, 1.82) is 0 Å². The quantitative estimate of drug-likeness (QED) is 0.740. The summed E-state index contributed by atoms with van der Waals surface area (Å²) in [5.41, 5.74) is 2.77. The molecule has 3 rings (SSSR count).